The van der Waals surface area contributed by atoms with Crippen molar-refractivity contribution in [3.8, 4) is 0 Å². The molecule has 0 saturated heterocycles. The van der Waals surface area contributed by atoms with E-state index in [4.69, 9.17) is 0 Å². The zero-order chi connectivity index (χ0) is 13.7. The predicted molar refractivity (Wildman–Crippen MR) is 83.3 cm³/mol. The molecule has 1 heteroatoms. The second-order valence-corrected chi connectivity index (χ2v) is 5.02. The van der Waals surface area contributed by atoms with Gasteiger partial charge in [0.1, 0.15) is 0 Å². The summed E-state index contributed by atoms with van der Waals surface area (Å²) in [6.45, 7) is 13.8. The molecule has 1 aromatic rings. The van der Waals surface area contributed by atoms with Gasteiger partial charge in [-0.2, -0.15) is 0 Å². The Morgan fingerprint density at radius 1 is 1.28 bits per heavy atom. The minimum Gasteiger partial charge on any atom is -0.374 e. The molecule has 0 unspecified atom stereocenters. The fraction of sp³-hybridized carbons (Fsp3) is 0.529. The first-order valence-electron chi connectivity index (χ1n) is 7.13. The quantitative estimate of drug-likeness (QED) is 0.726. The lowest BCUT2D eigenvalue weighted by atomic mass is 9.90. The topological polar surface area (TPSA) is 3.24 Å². The van der Waals surface area contributed by atoms with Gasteiger partial charge in [-0.3, -0.25) is 0 Å². The largest absolute Gasteiger partial charge is 0.374 e. The summed E-state index contributed by atoms with van der Waals surface area (Å²) in [5, 5.41) is 0. The van der Waals surface area contributed by atoms with E-state index in [0.717, 1.165) is 6.54 Å². The lowest BCUT2D eigenvalue weighted by Crippen LogP contribution is -2.26. The summed E-state index contributed by atoms with van der Waals surface area (Å²) in [7, 11) is 2.19. The first kappa shape index (κ1) is 14.8. The molecule has 0 radical (unpaired) electrons. The maximum atomic E-state index is 4.24. The number of rotatable bonds is 2. The minimum atomic E-state index is 0.516. The predicted octanol–water partition coefficient (Wildman–Crippen LogP) is 4.76. The van der Waals surface area contributed by atoms with Crippen LogP contribution >= 0.6 is 0 Å². The summed E-state index contributed by atoms with van der Waals surface area (Å²) in [6.07, 6.45) is 2.47. The highest BCUT2D eigenvalue weighted by Crippen LogP contribution is 2.35. The van der Waals surface area contributed by atoms with Crippen LogP contribution in [0.4, 0.5) is 5.69 Å². The molecule has 1 aliphatic rings. The van der Waals surface area contributed by atoms with Crippen molar-refractivity contribution in [3.63, 3.8) is 0 Å². The molecular weight excluding hydrogens is 218 g/mol. The van der Waals surface area contributed by atoms with Crippen LogP contribution in [0, 0.1) is 5.92 Å². The Morgan fingerprint density at radius 2 is 1.94 bits per heavy atom. The molecule has 1 aliphatic heterocycles. The number of hydrogen-bond acceptors (Lipinski definition) is 1. The van der Waals surface area contributed by atoms with Gasteiger partial charge in [0, 0.05) is 24.8 Å². The van der Waals surface area contributed by atoms with E-state index in [1.54, 1.807) is 0 Å². The van der Waals surface area contributed by atoms with Gasteiger partial charge in [0.2, 0.25) is 0 Å². The Labute approximate surface area is 113 Å². The first-order valence-corrected chi connectivity index (χ1v) is 7.13. The van der Waals surface area contributed by atoms with Crippen LogP contribution in [0.15, 0.2) is 24.8 Å². The molecule has 2 rings (SSSR count). The van der Waals surface area contributed by atoms with Gasteiger partial charge in [0.05, 0.1) is 0 Å². The van der Waals surface area contributed by atoms with Gasteiger partial charge in [-0.25, -0.2) is 0 Å². The summed E-state index contributed by atoms with van der Waals surface area (Å²) in [5.74, 6) is 0.516. The molecule has 0 aliphatic carbocycles. The van der Waals surface area contributed by atoms with Crippen LogP contribution in [0.5, 0.6) is 0 Å². The fourth-order valence-electron chi connectivity index (χ4n) is 2.43. The highest BCUT2D eigenvalue weighted by atomic mass is 15.1. The molecular formula is C17H27N. The van der Waals surface area contributed by atoms with Gasteiger partial charge in [0.15, 0.2) is 0 Å². The van der Waals surface area contributed by atoms with Crippen molar-refractivity contribution in [2.24, 2.45) is 5.92 Å². The molecule has 1 aromatic carbocycles. The van der Waals surface area contributed by atoms with Crippen LogP contribution in [0.25, 0.3) is 5.57 Å². The summed E-state index contributed by atoms with van der Waals surface area (Å²) >= 11 is 0. The van der Waals surface area contributed by atoms with Crippen LogP contribution < -0.4 is 4.90 Å². The van der Waals surface area contributed by atoms with Crippen molar-refractivity contribution >= 4 is 11.3 Å². The van der Waals surface area contributed by atoms with E-state index >= 15 is 0 Å². The molecule has 0 fully saturated rings. The molecule has 1 nitrogen and oxygen atoms in total. The van der Waals surface area contributed by atoms with Gasteiger partial charge < -0.3 is 4.90 Å². The summed E-state index contributed by atoms with van der Waals surface area (Å²) in [6, 6.07) is 6.63. The maximum Gasteiger partial charge on any atom is 0.0472 e. The van der Waals surface area contributed by atoms with Crippen molar-refractivity contribution in [2.45, 2.75) is 40.5 Å². The summed E-state index contributed by atoms with van der Waals surface area (Å²) < 4.78 is 0. The van der Waals surface area contributed by atoms with Crippen molar-refractivity contribution in [3.05, 3.63) is 35.9 Å². The summed E-state index contributed by atoms with van der Waals surface area (Å²) in [4.78, 5) is 2.38. The number of benzene rings is 1. The van der Waals surface area contributed by atoms with Gasteiger partial charge in [0.25, 0.3) is 0 Å². The number of nitrogens with zero attached hydrogens (tertiary/aromatic N) is 1. The van der Waals surface area contributed by atoms with E-state index in [0.29, 0.717) is 5.92 Å². The molecule has 0 aromatic heterocycles. The van der Waals surface area contributed by atoms with Gasteiger partial charge in [-0.15, -0.1) is 0 Å². The zero-order valence-electron chi connectivity index (χ0n) is 12.6. The van der Waals surface area contributed by atoms with Crippen molar-refractivity contribution in [1.29, 1.82) is 0 Å². The molecule has 0 amide bonds. The molecule has 100 valence electrons. The summed E-state index contributed by atoms with van der Waals surface area (Å²) in [5.41, 5.74) is 5.49. The Morgan fingerprint density at radius 3 is 2.56 bits per heavy atom. The average molecular weight is 245 g/mol. The van der Waals surface area contributed by atoms with Crippen LogP contribution in [-0.2, 0) is 6.42 Å². The Hall–Kier alpha value is -1.24. The van der Waals surface area contributed by atoms with Gasteiger partial charge >= 0.3 is 0 Å². The zero-order valence-corrected chi connectivity index (χ0v) is 12.6. The third kappa shape index (κ3) is 2.95. The van der Waals surface area contributed by atoms with Gasteiger partial charge in [-0.1, -0.05) is 52.5 Å². The highest BCUT2D eigenvalue weighted by molar-refractivity contribution is 5.79. The van der Waals surface area contributed by atoms with E-state index < -0.39 is 0 Å². The Balaban J connectivity index is 0.000000771. The number of allylic oxidation sites excluding steroid dienone is 1. The highest BCUT2D eigenvalue weighted by Gasteiger charge is 2.19. The van der Waals surface area contributed by atoms with E-state index in [1.165, 1.54) is 35.2 Å². The standard InChI is InChI=1S/C15H21N.C2H6/c1-11(2)12(3)14-9-5-7-13-8-6-10-16(4)15(13)14;1-2/h5,7,9,11H,3,6,8,10H2,1-2,4H3;1-2H3. The number of para-hydroxylation sites is 1. The minimum absolute atomic E-state index is 0.516. The van der Waals surface area contributed by atoms with Crippen LogP contribution in [0.2, 0.25) is 0 Å². The van der Waals surface area contributed by atoms with E-state index in [1.807, 2.05) is 13.8 Å². The molecule has 0 spiro atoms. The van der Waals surface area contributed by atoms with E-state index in [2.05, 4.69) is 50.6 Å². The molecule has 0 bridgehead atoms. The lowest BCUT2D eigenvalue weighted by Gasteiger charge is -2.31. The Bertz CT molecular complexity index is 404. The van der Waals surface area contributed by atoms with E-state index in [-0.39, 0.29) is 0 Å². The monoisotopic (exact) mass is 245 g/mol. The SMILES string of the molecule is C=C(c1cccc2c1N(C)CCC2)C(C)C.CC. The van der Waals surface area contributed by atoms with E-state index in [9.17, 15) is 0 Å². The number of hydrogen-bond donors (Lipinski definition) is 0. The second kappa shape index (κ2) is 6.63. The second-order valence-electron chi connectivity index (χ2n) is 5.02. The van der Waals surface area contributed by atoms with Gasteiger partial charge in [-0.05, 0) is 29.9 Å². The molecule has 0 saturated carbocycles. The number of aryl methyl sites for hydroxylation is 1. The first-order chi connectivity index (χ1) is 8.61. The third-order valence-corrected chi connectivity index (χ3v) is 3.48. The number of anilines is 1. The lowest BCUT2D eigenvalue weighted by molar-refractivity contribution is 0.741. The van der Waals surface area contributed by atoms with Crippen LogP contribution in [0.3, 0.4) is 0 Å². The van der Waals surface area contributed by atoms with Crippen molar-refractivity contribution in [1.82, 2.24) is 0 Å². The molecule has 0 atom stereocenters. The van der Waals surface area contributed by atoms with Crippen LogP contribution in [-0.4, -0.2) is 13.6 Å². The molecule has 0 N–H and O–H groups in total. The molecule has 18 heavy (non-hydrogen) atoms. The third-order valence-electron chi connectivity index (χ3n) is 3.48. The smallest absolute Gasteiger partial charge is 0.0472 e. The molecule has 1 heterocycles. The number of fused-ring (bicyclic) bond motifs is 1. The fourth-order valence-corrected chi connectivity index (χ4v) is 2.43. The maximum absolute atomic E-state index is 4.24. The van der Waals surface area contributed by atoms with Crippen LogP contribution in [0.1, 0.15) is 45.2 Å². The van der Waals surface area contributed by atoms with Crippen molar-refractivity contribution in [2.75, 3.05) is 18.5 Å². The van der Waals surface area contributed by atoms with Crippen molar-refractivity contribution < 1.29 is 0 Å². The Kier molecular flexibility index (Phi) is 5.46. The normalized spacial score (nSPS) is 13.8. The average Bonchev–Trinajstić information content (AvgIpc) is 2.40.